The molecule has 0 bridgehead atoms. The molecule has 0 aliphatic heterocycles. The molecule has 1 fully saturated rings. The Balaban J connectivity index is 1.31. The fraction of sp³-hybridized carbons (Fsp3) is 0.261. The van der Waals surface area contributed by atoms with Gasteiger partial charge in [0.1, 0.15) is 17.5 Å². The van der Waals surface area contributed by atoms with E-state index in [0.29, 0.717) is 11.9 Å². The lowest BCUT2D eigenvalue weighted by Crippen LogP contribution is -2.28. The number of aliphatic hydroxyl groups is 1. The van der Waals surface area contributed by atoms with E-state index in [1.165, 1.54) is 0 Å². The van der Waals surface area contributed by atoms with E-state index in [-0.39, 0.29) is 6.10 Å². The first-order valence-corrected chi connectivity index (χ1v) is 11.3. The third kappa shape index (κ3) is 4.60. The van der Waals surface area contributed by atoms with Crippen LogP contribution in [0.4, 0.5) is 22.6 Å². The molecule has 158 valence electrons. The highest BCUT2D eigenvalue weighted by Gasteiger charge is 2.19. The molecule has 31 heavy (non-hydrogen) atoms. The summed E-state index contributed by atoms with van der Waals surface area (Å²) in [5, 5.41) is 17.3. The van der Waals surface area contributed by atoms with Gasteiger partial charge in [-0.1, -0.05) is 23.5 Å². The molecule has 0 unspecified atom stereocenters. The number of anilines is 4. The Morgan fingerprint density at radius 3 is 2.55 bits per heavy atom. The van der Waals surface area contributed by atoms with Gasteiger partial charge >= 0.3 is 0 Å². The lowest BCUT2D eigenvalue weighted by atomic mass is 9.93. The van der Waals surface area contributed by atoms with Crippen LogP contribution in [-0.4, -0.2) is 32.2 Å². The first-order valence-electron chi connectivity index (χ1n) is 10.4. The number of fused-ring (bicyclic) bond motifs is 1. The molecule has 0 spiro atoms. The van der Waals surface area contributed by atoms with Crippen molar-refractivity contribution in [3.63, 3.8) is 0 Å². The fourth-order valence-electron chi connectivity index (χ4n) is 3.86. The summed E-state index contributed by atoms with van der Waals surface area (Å²) in [6.07, 6.45) is 5.24. The number of hydrogen-bond donors (Lipinski definition) is 4. The van der Waals surface area contributed by atoms with E-state index in [9.17, 15) is 5.11 Å². The van der Waals surface area contributed by atoms with Crippen LogP contribution in [0.2, 0.25) is 0 Å². The summed E-state index contributed by atoms with van der Waals surface area (Å²) in [5.41, 5.74) is 8.74. The van der Waals surface area contributed by atoms with Gasteiger partial charge < -0.3 is 21.5 Å². The van der Waals surface area contributed by atoms with Gasteiger partial charge in [0.2, 0.25) is 0 Å². The van der Waals surface area contributed by atoms with Crippen molar-refractivity contribution in [1.82, 2.24) is 15.0 Å². The number of rotatable bonds is 5. The van der Waals surface area contributed by atoms with Crippen molar-refractivity contribution in [2.24, 2.45) is 0 Å². The molecule has 5 N–H and O–H groups in total. The molecule has 0 saturated heterocycles. The van der Waals surface area contributed by atoms with Gasteiger partial charge in [-0.3, -0.25) is 0 Å². The lowest BCUT2D eigenvalue weighted by Gasteiger charge is -2.26. The second kappa shape index (κ2) is 8.49. The molecular formula is C23H24N6OS. The van der Waals surface area contributed by atoms with Crippen molar-refractivity contribution < 1.29 is 5.11 Å². The van der Waals surface area contributed by atoms with E-state index in [2.05, 4.69) is 26.7 Å². The van der Waals surface area contributed by atoms with Crippen LogP contribution >= 0.6 is 11.3 Å². The molecule has 7 nitrogen and oxygen atoms in total. The van der Waals surface area contributed by atoms with E-state index in [4.69, 9.17) is 10.7 Å². The molecule has 3 aromatic heterocycles. The highest BCUT2D eigenvalue weighted by Crippen LogP contribution is 2.32. The normalized spacial score (nSPS) is 18.7. The van der Waals surface area contributed by atoms with Crippen LogP contribution in [0.5, 0.6) is 0 Å². The highest BCUT2D eigenvalue weighted by atomic mass is 32.1. The maximum absolute atomic E-state index is 9.69. The van der Waals surface area contributed by atoms with Gasteiger partial charge in [0.15, 0.2) is 5.13 Å². The van der Waals surface area contributed by atoms with E-state index in [1.54, 1.807) is 23.6 Å². The molecular weight excluding hydrogens is 408 g/mol. The van der Waals surface area contributed by atoms with E-state index < -0.39 is 0 Å². The molecule has 1 aliphatic rings. The Labute approximate surface area is 184 Å². The summed E-state index contributed by atoms with van der Waals surface area (Å²) in [4.78, 5) is 13.6. The second-order valence-electron chi connectivity index (χ2n) is 7.86. The number of nitrogen functional groups attached to an aromatic ring is 1. The number of nitrogens with zero attached hydrogens (tertiary/aromatic N) is 3. The summed E-state index contributed by atoms with van der Waals surface area (Å²) in [5.74, 6) is 2.10. The Morgan fingerprint density at radius 1 is 0.935 bits per heavy atom. The quantitative estimate of drug-likeness (QED) is 0.359. The fourth-order valence-corrected chi connectivity index (χ4v) is 4.77. The van der Waals surface area contributed by atoms with Gasteiger partial charge in [0, 0.05) is 17.8 Å². The minimum Gasteiger partial charge on any atom is -0.393 e. The number of aromatic nitrogens is 3. The molecule has 0 radical (unpaired) electrons. The second-order valence-corrected chi connectivity index (χ2v) is 8.89. The van der Waals surface area contributed by atoms with Gasteiger partial charge in [-0.2, -0.15) is 0 Å². The summed E-state index contributed by atoms with van der Waals surface area (Å²) in [6, 6.07) is 16.2. The Kier molecular flexibility index (Phi) is 5.40. The van der Waals surface area contributed by atoms with Crippen LogP contribution in [0, 0.1) is 0 Å². The largest absolute Gasteiger partial charge is 0.393 e. The topological polar surface area (TPSA) is 109 Å². The molecule has 5 rings (SSSR count). The van der Waals surface area contributed by atoms with Crippen molar-refractivity contribution in [3.8, 4) is 11.1 Å². The number of benzene rings is 1. The average Bonchev–Trinajstić information content (AvgIpc) is 3.17. The third-order valence-corrected chi connectivity index (χ3v) is 6.47. The molecule has 4 aromatic rings. The molecule has 1 aliphatic carbocycles. The smallest absolute Gasteiger partial charge is 0.189 e. The van der Waals surface area contributed by atoms with Crippen LogP contribution in [0.25, 0.3) is 21.3 Å². The standard InChI is InChI=1S/C23H24N6OS/c24-20-11-5-15(13-25-20)14-4-10-18-19(12-14)31-23(27-18)29-22-3-1-2-21(28-22)26-16-6-8-17(30)9-7-16/h1-5,10-13,16-17,30H,6-9H2,(H2,24,25)(H2,26,27,28,29)/t16-,17-. The lowest BCUT2D eigenvalue weighted by molar-refractivity contribution is 0.126. The summed E-state index contributed by atoms with van der Waals surface area (Å²) in [6.45, 7) is 0. The number of thiazole rings is 1. The number of nitrogens with two attached hydrogens (primary N) is 1. The van der Waals surface area contributed by atoms with Gasteiger partial charge in [-0.05, 0) is 67.6 Å². The summed E-state index contributed by atoms with van der Waals surface area (Å²) >= 11 is 1.59. The maximum Gasteiger partial charge on any atom is 0.189 e. The summed E-state index contributed by atoms with van der Waals surface area (Å²) in [7, 11) is 0. The molecule has 3 heterocycles. The zero-order chi connectivity index (χ0) is 21.2. The molecule has 1 saturated carbocycles. The Hall–Kier alpha value is -3.23. The first-order chi connectivity index (χ1) is 15.1. The average molecular weight is 433 g/mol. The van der Waals surface area contributed by atoms with Crippen LogP contribution in [-0.2, 0) is 0 Å². The van der Waals surface area contributed by atoms with Crippen molar-refractivity contribution in [3.05, 3.63) is 54.7 Å². The van der Waals surface area contributed by atoms with Crippen LogP contribution in [0.3, 0.4) is 0 Å². The van der Waals surface area contributed by atoms with Crippen LogP contribution in [0.15, 0.2) is 54.7 Å². The van der Waals surface area contributed by atoms with Gasteiger partial charge in [-0.15, -0.1) is 0 Å². The zero-order valence-corrected chi connectivity index (χ0v) is 17.8. The predicted molar refractivity (Wildman–Crippen MR) is 127 cm³/mol. The van der Waals surface area contributed by atoms with E-state index >= 15 is 0 Å². The van der Waals surface area contributed by atoms with Crippen molar-refractivity contribution in [1.29, 1.82) is 0 Å². The maximum atomic E-state index is 9.69. The van der Waals surface area contributed by atoms with E-state index in [0.717, 1.165) is 63.8 Å². The number of hydrogen-bond acceptors (Lipinski definition) is 8. The van der Waals surface area contributed by atoms with Crippen molar-refractivity contribution >= 4 is 44.1 Å². The van der Waals surface area contributed by atoms with Crippen molar-refractivity contribution in [2.45, 2.75) is 37.8 Å². The molecule has 1 aromatic carbocycles. The van der Waals surface area contributed by atoms with Gasteiger partial charge in [0.25, 0.3) is 0 Å². The number of pyridine rings is 2. The van der Waals surface area contributed by atoms with Crippen LogP contribution < -0.4 is 16.4 Å². The molecule has 0 atom stereocenters. The number of aliphatic hydroxyl groups excluding tert-OH is 1. The highest BCUT2D eigenvalue weighted by molar-refractivity contribution is 7.22. The Morgan fingerprint density at radius 2 is 1.74 bits per heavy atom. The van der Waals surface area contributed by atoms with Crippen LogP contribution in [0.1, 0.15) is 25.7 Å². The zero-order valence-electron chi connectivity index (χ0n) is 17.0. The first kappa shape index (κ1) is 19.7. The Bertz CT molecular complexity index is 1180. The third-order valence-electron chi connectivity index (χ3n) is 5.54. The molecule has 0 amide bonds. The van der Waals surface area contributed by atoms with Gasteiger partial charge in [0.05, 0.1) is 16.3 Å². The van der Waals surface area contributed by atoms with E-state index in [1.807, 2.05) is 36.4 Å². The molecule has 8 heteroatoms. The predicted octanol–water partition coefficient (Wildman–Crippen LogP) is 4.79. The minimum atomic E-state index is -0.158. The monoisotopic (exact) mass is 432 g/mol. The minimum absolute atomic E-state index is 0.158. The summed E-state index contributed by atoms with van der Waals surface area (Å²) < 4.78 is 1.09. The van der Waals surface area contributed by atoms with Gasteiger partial charge in [-0.25, -0.2) is 15.0 Å². The number of nitrogens with one attached hydrogen (secondary N) is 2. The SMILES string of the molecule is Nc1ccc(-c2ccc3nc(Nc4cccc(N[C@H]5CC[C@H](O)CC5)n4)sc3c2)cn1. The van der Waals surface area contributed by atoms with Crippen molar-refractivity contribution in [2.75, 3.05) is 16.4 Å².